The highest BCUT2D eigenvalue weighted by molar-refractivity contribution is 6.30. The van der Waals surface area contributed by atoms with Crippen LogP contribution in [0, 0.1) is 0 Å². The number of anilines is 1. The number of benzene rings is 2. The zero-order chi connectivity index (χ0) is 19.8. The van der Waals surface area contributed by atoms with E-state index in [0.29, 0.717) is 24.5 Å². The van der Waals surface area contributed by atoms with E-state index >= 15 is 0 Å². The molecule has 0 saturated heterocycles. The molecule has 0 fully saturated rings. The predicted molar refractivity (Wildman–Crippen MR) is 112 cm³/mol. The van der Waals surface area contributed by atoms with E-state index < -0.39 is 0 Å². The number of amides is 1. The number of aromatic nitrogens is 1. The Kier molecular flexibility index (Phi) is 6.87. The number of hydrogen-bond acceptors (Lipinski definition) is 4. The molecule has 0 spiro atoms. The van der Waals surface area contributed by atoms with E-state index in [-0.39, 0.29) is 5.91 Å². The minimum absolute atomic E-state index is 0.140. The third kappa shape index (κ3) is 5.72. The summed E-state index contributed by atoms with van der Waals surface area (Å²) < 4.78 is 5.14. The summed E-state index contributed by atoms with van der Waals surface area (Å²) in [5, 5.41) is 6.90. The lowest BCUT2D eigenvalue weighted by Crippen LogP contribution is -2.23. The SMILES string of the molecule is COc1ccc(CNC(=O)c2ccnc(NCCc3ccc(Cl)cc3)c2)cc1. The summed E-state index contributed by atoms with van der Waals surface area (Å²) in [6, 6.07) is 18.8. The zero-order valence-electron chi connectivity index (χ0n) is 15.6. The summed E-state index contributed by atoms with van der Waals surface area (Å²) in [4.78, 5) is 16.7. The lowest BCUT2D eigenvalue weighted by Gasteiger charge is -2.09. The quantitative estimate of drug-likeness (QED) is 0.596. The van der Waals surface area contributed by atoms with Crippen molar-refractivity contribution >= 4 is 23.3 Å². The first-order valence-corrected chi connectivity index (χ1v) is 9.37. The Morgan fingerprint density at radius 3 is 2.46 bits per heavy atom. The first-order chi connectivity index (χ1) is 13.6. The van der Waals surface area contributed by atoms with Gasteiger partial charge in [-0.1, -0.05) is 35.9 Å². The van der Waals surface area contributed by atoms with Crippen LogP contribution in [0.4, 0.5) is 5.82 Å². The number of hydrogen-bond donors (Lipinski definition) is 2. The second-order valence-electron chi connectivity index (χ2n) is 6.26. The number of carbonyl (C=O) groups is 1. The molecule has 5 nitrogen and oxygen atoms in total. The van der Waals surface area contributed by atoms with E-state index in [2.05, 4.69) is 15.6 Å². The molecule has 2 aromatic carbocycles. The summed E-state index contributed by atoms with van der Waals surface area (Å²) in [5.74, 6) is 1.32. The van der Waals surface area contributed by atoms with E-state index in [1.807, 2.05) is 48.5 Å². The Morgan fingerprint density at radius 2 is 1.75 bits per heavy atom. The fraction of sp³-hybridized carbons (Fsp3) is 0.182. The average Bonchev–Trinajstić information content (AvgIpc) is 2.74. The van der Waals surface area contributed by atoms with E-state index in [4.69, 9.17) is 16.3 Å². The molecule has 28 heavy (non-hydrogen) atoms. The van der Waals surface area contributed by atoms with Gasteiger partial charge in [0.1, 0.15) is 11.6 Å². The van der Waals surface area contributed by atoms with Gasteiger partial charge >= 0.3 is 0 Å². The molecule has 0 aliphatic heterocycles. The van der Waals surface area contributed by atoms with Gasteiger partial charge in [-0.2, -0.15) is 0 Å². The first kappa shape index (κ1) is 19.7. The minimum Gasteiger partial charge on any atom is -0.497 e. The van der Waals surface area contributed by atoms with Crippen LogP contribution in [0.25, 0.3) is 0 Å². The standard InChI is InChI=1S/C22H22ClN3O2/c1-28-20-8-4-17(5-9-20)15-26-22(27)18-11-13-25-21(14-18)24-12-10-16-2-6-19(23)7-3-16/h2-9,11,13-14H,10,12,15H2,1H3,(H,24,25)(H,26,27). The second-order valence-corrected chi connectivity index (χ2v) is 6.70. The van der Waals surface area contributed by atoms with Crippen molar-refractivity contribution in [3.63, 3.8) is 0 Å². The average molecular weight is 396 g/mol. The number of nitrogens with one attached hydrogen (secondary N) is 2. The van der Waals surface area contributed by atoms with Gasteiger partial charge in [-0.25, -0.2) is 4.98 Å². The number of nitrogens with zero attached hydrogens (tertiary/aromatic N) is 1. The fourth-order valence-electron chi connectivity index (χ4n) is 2.68. The van der Waals surface area contributed by atoms with Crippen molar-refractivity contribution in [2.24, 2.45) is 0 Å². The molecule has 0 radical (unpaired) electrons. The second kappa shape index (κ2) is 9.76. The summed E-state index contributed by atoms with van der Waals surface area (Å²) in [6.07, 6.45) is 2.47. The van der Waals surface area contributed by atoms with Gasteiger partial charge in [0.05, 0.1) is 7.11 Å². The first-order valence-electron chi connectivity index (χ1n) is 8.99. The maximum absolute atomic E-state index is 12.4. The van der Waals surface area contributed by atoms with Crippen molar-refractivity contribution in [3.8, 4) is 5.75 Å². The van der Waals surface area contributed by atoms with E-state index in [0.717, 1.165) is 22.8 Å². The van der Waals surface area contributed by atoms with Crippen molar-refractivity contribution < 1.29 is 9.53 Å². The molecule has 1 heterocycles. The van der Waals surface area contributed by atoms with E-state index in [1.165, 1.54) is 5.56 Å². The van der Waals surface area contributed by atoms with Crippen LogP contribution < -0.4 is 15.4 Å². The van der Waals surface area contributed by atoms with Crippen LogP contribution in [-0.2, 0) is 13.0 Å². The Morgan fingerprint density at radius 1 is 1.04 bits per heavy atom. The third-order valence-electron chi connectivity index (χ3n) is 4.27. The smallest absolute Gasteiger partial charge is 0.251 e. The molecule has 1 aromatic heterocycles. The number of ether oxygens (including phenoxy) is 1. The molecule has 0 aliphatic carbocycles. The Labute approximate surface area is 169 Å². The van der Waals surface area contributed by atoms with Crippen LogP contribution in [0.2, 0.25) is 5.02 Å². The van der Waals surface area contributed by atoms with E-state index in [9.17, 15) is 4.79 Å². The zero-order valence-corrected chi connectivity index (χ0v) is 16.4. The molecule has 3 rings (SSSR count). The minimum atomic E-state index is -0.140. The van der Waals surface area contributed by atoms with Crippen LogP contribution in [0.3, 0.4) is 0 Å². The molecule has 144 valence electrons. The monoisotopic (exact) mass is 395 g/mol. The number of rotatable bonds is 8. The molecule has 0 saturated carbocycles. The van der Waals surface area contributed by atoms with Gasteiger partial charge in [0, 0.05) is 29.9 Å². The Bertz CT molecular complexity index is 912. The topological polar surface area (TPSA) is 63.2 Å². The lowest BCUT2D eigenvalue weighted by molar-refractivity contribution is 0.0951. The highest BCUT2D eigenvalue weighted by Gasteiger charge is 2.07. The van der Waals surface area contributed by atoms with Crippen LogP contribution >= 0.6 is 11.6 Å². The number of pyridine rings is 1. The normalized spacial score (nSPS) is 10.4. The maximum Gasteiger partial charge on any atom is 0.251 e. The van der Waals surface area contributed by atoms with Gasteiger partial charge < -0.3 is 15.4 Å². The summed E-state index contributed by atoms with van der Waals surface area (Å²) in [5.41, 5.74) is 2.76. The highest BCUT2D eigenvalue weighted by atomic mass is 35.5. The van der Waals surface area contributed by atoms with Gasteiger partial charge in [-0.3, -0.25) is 4.79 Å². The molecular weight excluding hydrogens is 374 g/mol. The fourth-order valence-corrected chi connectivity index (χ4v) is 2.81. The van der Waals surface area contributed by atoms with Crippen molar-refractivity contribution in [2.75, 3.05) is 19.0 Å². The molecule has 1 amide bonds. The third-order valence-corrected chi connectivity index (χ3v) is 4.52. The molecule has 6 heteroatoms. The molecule has 0 atom stereocenters. The molecule has 0 bridgehead atoms. The molecular formula is C22H22ClN3O2. The van der Waals surface area contributed by atoms with Crippen molar-refractivity contribution in [1.82, 2.24) is 10.3 Å². The number of methoxy groups -OCH3 is 1. The molecule has 2 N–H and O–H groups in total. The molecule has 0 aliphatic rings. The van der Waals surface area contributed by atoms with Crippen LogP contribution in [0.15, 0.2) is 66.9 Å². The Hall–Kier alpha value is -3.05. The van der Waals surface area contributed by atoms with Crippen molar-refractivity contribution in [3.05, 3.63) is 88.6 Å². The predicted octanol–water partition coefficient (Wildman–Crippen LogP) is 4.33. The number of carbonyl (C=O) groups excluding carboxylic acids is 1. The largest absolute Gasteiger partial charge is 0.497 e. The van der Waals surface area contributed by atoms with Gasteiger partial charge in [0.15, 0.2) is 0 Å². The van der Waals surface area contributed by atoms with Crippen LogP contribution in [-0.4, -0.2) is 24.5 Å². The van der Waals surface area contributed by atoms with Gasteiger partial charge in [-0.15, -0.1) is 0 Å². The maximum atomic E-state index is 12.4. The van der Waals surface area contributed by atoms with Crippen molar-refractivity contribution in [2.45, 2.75) is 13.0 Å². The summed E-state index contributed by atoms with van der Waals surface area (Å²) in [6.45, 7) is 1.16. The highest BCUT2D eigenvalue weighted by Crippen LogP contribution is 2.13. The van der Waals surface area contributed by atoms with Gasteiger partial charge in [-0.05, 0) is 53.9 Å². The van der Waals surface area contributed by atoms with Crippen LogP contribution in [0.1, 0.15) is 21.5 Å². The Balaban J connectivity index is 1.51. The van der Waals surface area contributed by atoms with Crippen LogP contribution in [0.5, 0.6) is 5.75 Å². The number of halogens is 1. The van der Waals surface area contributed by atoms with Crippen molar-refractivity contribution in [1.29, 1.82) is 0 Å². The van der Waals surface area contributed by atoms with Gasteiger partial charge in [0.25, 0.3) is 5.91 Å². The summed E-state index contributed by atoms with van der Waals surface area (Å²) >= 11 is 5.90. The molecule has 3 aromatic rings. The molecule has 0 unspecified atom stereocenters. The van der Waals surface area contributed by atoms with Gasteiger partial charge in [0.2, 0.25) is 0 Å². The van der Waals surface area contributed by atoms with E-state index in [1.54, 1.807) is 25.4 Å². The lowest BCUT2D eigenvalue weighted by atomic mass is 10.1. The summed E-state index contributed by atoms with van der Waals surface area (Å²) in [7, 11) is 1.63.